The van der Waals surface area contributed by atoms with Gasteiger partial charge < -0.3 is 9.84 Å². The van der Waals surface area contributed by atoms with Gasteiger partial charge in [-0.15, -0.1) is 0 Å². The molecule has 4 heteroatoms. The number of rotatable bonds is 2. The molecule has 4 nitrogen and oxygen atoms in total. The van der Waals surface area contributed by atoms with Crippen molar-refractivity contribution in [2.45, 2.75) is 6.42 Å². The Morgan fingerprint density at radius 3 is 2.77 bits per heavy atom. The maximum Gasteiger partial charge on any atom is 0.339 e. The molecule has 13 heavy (non-hydrogen) atoms. The van der Waals surface area contributed by atoms with Gasteiger partial charge in [0.05, 0.1) is 12.7 Å². The minimum atomic E-state index is -1.06. The first-order valence-corrected chi connectivity index (χ1v) is 3.61. The second-order valence-corrected chi connectivity index (χ2v) is 2.48. The number of carboxylic acid groups (broad SMARTS) is 1. The molecule has 1 rings (SSSR count). The van der Waals surface area contributed by atoms with Crippen molar-refractivity contribution in [3.8, 4) is 0 Å². The van der Waals surface area contributed by atoms with Crippen LogP contribution in [0.1, 0.15) is 6.42 Å². The fraction of sp³-hybridized carbons (Fsp3) is 0.222. The van der Waals surface area contributed by atoms with Gasteiger partial charge >= 0.3 is 5.97 Å². The number of carbonyl (C=O) groups is 1. The lowest BCUT2D eigenvalue weighted by molar-refractivity contribution is -0.132. The molecule has 0 spiro atoms. The molecule has 0 saturated heterocycles. The van der Waals surface area contributed by atoms with Crippen molar-refractivity contribution in [3.05, 3.63) is 29.1 Å². The minimum absolute atomic E-state index is 0.0847. The van der Waals surface area contributed by atoms with E-state index in [1.807, 2.05) is 0 Å². The molecule has 0 bridgehead atoms. The molecule has 0 radical (unpaired) electrons. The molecule has 0 amide bonds. The number of hydrogen-bond donors (Lipinski definition) is 1. The van der Waals surface area contributed by atoms with E-state index in [-0.39, 0.29) is 17.8 Å². The van der Waals surface area contributed by atoms with Crippen LogP contribution in [0, 0.1) is 0 Å². The smallest absolute Gasteiger partial charge is 0.339 e. The molecular weight excluding hydrogens is 172 g/mol. The maximum absolute atomic E-state index is 10.6. The van der Waals surface area contributed by atoms with E-state index >= 15 is 0 Å². The van der Waals surface area contributed by atoms with Crippen molar-refractivity contribution < 1.29 is 19.4 Å². The Bertz CT molecular complexity index is 343. The molecule has 0 aliphatic heterocycles. The van der Waals surface area contributed by atoms with Crippen molar-refractivity contribution in [3.63, 3.8) is 0 Å². The van der Waals surface area contributed by atoms with Gasteiger partial charge in [-0.05, 0) is 12.2 Å². The molecule has 1 N–H and O–H groups in total. The third-order valence-corrected chi connectivity index (χ3v) is 1.71. The Kier molecular flexibility index (Phi) is 2.67. The summed E-state index contributed by atoms with van der Waals surface area (Å²) in [7, 11) is 1.37. The van der Waals surface area contributed by atoms with Crippen molar-refractivity contribution in [1.29, 1.82) is 0 Å². The molecule has 0 unspecified atom stereocenters. The Balaban J connectivity index is 3.07. The zero-order valence-electron chi connectivity index (χ0n) is 7.03. The molecule has 0 fully saturated rings. The average Bonchev–Trinajstić information content (AvgIpc) is 2.16. The van der Waals surface area contributed by atoms with Crippen LogP contribution in [-0.4, -0.2) is 24.1 Å². The molecule has 0 atom stereocenters. The summed E-state index contributed by atoms with van der Waals surface area (Å²) in [6.45, 7) is 0. The quantitative estimate of drug-likeness (QED) is 0.635. The SMILES string of the molecule is COC1=C(C(=O)O)C=CC(=C=O)C1. The summed E-state index contributed by atoms with van der Waals surface area (Å²) in [6, 6.07) is 0. The van der Waals surface area contributed by atoms with Gasteiger partial charge in [0.15, 0.2) is 0 Å². The van der Waals surface area contributed by atoms with Crippen LogP contribution in [0.2, 0.25) is 0 Å². The maximum atomic E-state index is 10.6. The Morgan fingerprint density at radius 2 is 2.31 bits per heavy atom. The van der Waals surface area contributed by atoms with Gasteiger partial charge in [0.2, 0.25) is 0 Å². The third kappa shape index (κ3) is 1.86. The lowest BCUT2D eigenvalue weighted by Crippen LogP contribution is -2.07. The number of carboxylic acids is 1. The summed E-state index contributed by atoms with van der Waals surface area (Å²) in [6.07, 6.45) is 2.96. The monoisotopic (exact) mass is 180 g/mol. The fourth-order valence-electron chi connectivity index (χ4n) is 1.05. The van der Waals surface area contributed by atoms with Crippen LogP contribution in [0.5, 0.6) is 0 Å². The second-order valence-electron chi connectivity index (χ2n) is 2.48. The number of aliphatic carboxylic acids is 1. The molecule has 0 heterocycles. The summed E-state index contributed by atoms with van der Waals surface area (Å²) in [5.74, 6) is 0.929. The van der Waals surface area contributed by atoms with Gasteiger partial charge in [-0.3, -0.25) is 0 Å². The topological polar surface area (TPSA) is 63.6 Å². The van der Waals surface area contributed by atoms with Gasteiger partial charge in [-0.2, -0.15) is 0 Å². The zero-order chi connectivity index (χ0) is 9.84. The summed E-state index contributed by atoms with van der Waals surface area (Å²) in [4.78, 5) is 20.9. The highest BCUT2D eigenvalue weighted by Crippen LogP contribution is 2.21. The highest BCUT2D eigenvalue weighted by atomic mass is 16.5. The van der Waals surface area contributed by atoms with Crippen molar-refractivity contribution in [1.82, 2.24) is 0 Å². The number of ether oxygens (including phenoxy) is 1. The number of carbonyl (C=O) groups excluding carboxylic acids is 1. The molecule has 0 aromatic rings. The molecule has 0 aromatic carbocycles. The van der Waals surface area contributed by atoms with E-state index in [2.05, 4.69) is 0 Å². The van der Waals surface area contributed by atoms with E-state index in [9.17, 15) is 9.59 Å². The van der Waals surface area contributed by atoms with E-state index in [1.54, 1.807) is 5.94 Å². The molecule has 0 aromatic heterocycles. The molecule has 1 aliphatic carbocycles. The van der Waals surface area contributed by atoms with E-state index in [1.165, 1.54) is 19.3 Å². The lowest BCUT2D eigenvalue weighted by atomic mass is 10.0. The standard InChI is InChI=1S/C9H8O4/c1-13-8-4-6(5-10)2-3-7(8)9(11)12/h2-3H,4H2,1H3,(H,11,12). The van der Waals surface area contributed by atoms with Crippen molar-refractivity contribution >= 4 is 11.9 Å². The number of hydrogen-bond acceptors (Lipinski definition) is 3. The van der Waals surface area contributed by atoms with Crippen molar-refractivity contribution in [2.75, 3.05) is 7.11 Å². The summed E-state index contributed by atoms with van der Waals surface area (Å²) < 4.78 is 4.84. The van der Waals surface area contributed by atoms with E-state index in [4.69, 9.17) is 9.84 Å². The predicted molar refractivity (Wildman–Crippen MR) is 44.6 cm³/mol. The van der Waals surface area contributed by atoms with Crippen LogP contribution in [0.15, 0.2) is 29.1 Å². The Labute approximate surface area is 74.8 Å². The summed E-state index contributed by atoms with van der Waals surface area (Å²) in [5, 5.41) is 8.70. The number of methoxy groups -OCH3 is 1. The van der Waals surface area contributed by atoms with Crippen molar-refractivity contribution in [2.24, 2.45) is 0 Å². The molecular formula is C9H8O4. The lowest BCUT2D eigenvalue weighted by Gasteiger charge is -2.11. The van der Waals surface area contributed by atoms with Crippen LogP contribution in [0.25, 0.3) is 0 Å². The van der Waals surface area contributed by atoms with Gasteiger partial charge in [0, 0.05) is 12.0 Å². The Hall–Kier alpha value is -1.80. The Morgan fingerprint density at radius 1 is 1.62 bits per heavy atom. The largest absolute Gasteiger partial charge is 0.500 e. The molecule has 1 aliphatic rings. The van der Waals surface area contributed by atoms with Gasteiger partial charge in [-0.1, -0.05) is 0 Å². The van der Waals surface area contributed by atoms with E-state index in [0.717, 1.165) is 0 Å². The van der Waals surface area contributed by atoms with Gasteiger partial charge in [0.25, 0.3) is 0 Å². The highest BCUT2D eigenvalue weighted by molar-refractivity contribution is 5.91. The summed E-state index contributed by atoms with van der Waals surface area (Å²) in [5.41, 5.74) is 0.475. The van der Waals surface area contributed by atoms with E-state index < -0.39 is 5.97 Å². The van der Waals surface area contributed by atoms with Gasteiger partial charge in [0.1, 0.15) is 11.7 Å². The van der Waals surface area contributed by atoms with Crippen LogP contribution >= 0.6 is 0 Å². The second kappa shape index (κ2) is 3.74. The normalized spacial score (nSPS) is 15.6. The van der Waals surface area contributed by atoms with Crippen LogP contribution in [0.4, 0.5) is 0 Å². The zero-order valence-corrected chi connectivity index (χ0v) is 7.03. The number of allylic oxidation sites excluding steroid dienone is 2. The van der Waals surface area contributed by atoms with Gasteiger partial charge in [-0.25, -0.2) is 9.59 Å². The van der Waals surface area contributed by atoms with Crippen LogP contribution in [-0.2, 0) is 14.3 Å². The highest BCUT2D eigenvalue weighted by Gasteiger charge is 2.17. The average molecular weight is 180 g/mol. The van der Waals surface area contributed by atoms with E-state index in [0.29, 0.717) is 5.57 Å². The van der Waals surface area contributed by atoms with Crippen LogP contribution < -0.4 is 0 Å². The van der Waals surface area contributed by atoms with Crippen LogP contribution in [0.3, 0.4) is 0 Å². The minimum Gasteiger partial charge on any atom is -0.500 e. The predicted octanol–water partition coefficient (Wildman–Crippen LogP) is 0.689. The first-order chi connectivity index (χ1) is 6.19. The third-order valence-electron chi connectivity index (χ3n) is 1.71. The fourth-order valence-corrected chi connectivity index (χ4v) is 1.05. The summed E-state index contributed by atoms with van der Waals surface area (Å²) >= 11 is 0. The molecule has 68 valence electrons. The molecule has 0 saturated carbocycles. The first kappa shape index (κ1) is 9.29. The first-order valence-electron chi connectivity index (χ1n) is 3.61.